The first-order valence-electron chi connectivity index (χ1n) is 4.81. The molecule has 0 fully saturated rings. The van der Waals surface area contributed by atoms with E-state index < -0.39 is 30.0 Å². The highest BCUT2D eigenvalue weighted by Crippen LogP contribution is 2.36. The number of halogens is 2. The highest BCUT2D eigenvalue weighted by molar-refractivity contribution is 6.55. The number of hydrazine groups is 1. The third kappa shape index (κ3) is 1.73. The van der Waals surface area contributed by atoms with Crippen molar-refractivity contribution in [1.29, 1.82) is 0 Å². The van der Waals surface area contributed by atoms with Crippen LogP contribution in [0.5, 0.6) is 0 Å². The lowest BCUT2D eigenvalue weighted by atomic mass is 10.1. The number of carbonyl (C=O) groups is 3. The molecular weight excluding hydrogens is 265 g/mol. The van der Waals surface area contributed by atoms with Gasteiger partial charge in [-0.25, -0.2) is 10.2 Å². The van der Waals surface area contributed by atoms with Crippen molar-refractivity contribution in [1.82, 2.24) is 5.43 Å². The van der Waals surface area contributed by atoms with Crippen LogP contribution in [0.3, 0.4) is 0 Å². The first-order chi connectivity index (χ1) is 8.47. The molecule has 0 radical (unpaired) electrons. The van der Waals surface area contributed by atoms with Crippen LogP contribution >= 0.6 is 11.6 Å². The number of hydrogen-bond donors (Lipinski definition) is 2. The Morgan fingerprint density at radius 3 is 2.72 bits per heavy atom. The summed E-state index contributed by atoms with van der Waals surface area (Å²) in [6.07, 6.45) is 0. The van der Waals surface area contributed by atoms with Gasteiger partial charge in [0.2, 0.25) is 0 Å². The quantitative estimate of drug-likeness (QED) is 0.343. The van der Waals surface area contributed by atoms with Gasteiger partial charge in [0.1, 0.15) is 12.4 Å². The van der Waals surface area contributed by atoms with Gasteiger partial charge in [-0.15, -0.1) is 0 Å². The zero-order chi connectivity index (χ0) is 13.4. The summed E-state index contributed by atoms with van der Waals surface area (Å²) in [7, 11) is 0. The number of amides is 2. The van der Waals surface area contributed by atoms with Crippen LogP contribution in [0.25, 0.3) is 0 Å². The van der Waals surface area contributed by atoms with Gasteiger partial charge in [-0.1, -0.05) is 11.6 Å². The van der Waals surface area contributed by atoms with Gasteiger partial charge in [0.25, 0.3) is 17.6 Å². The monoisotopic (exact) mass is 271 g/mol. The summed E-state index contributed by atoms with van der Waals surface area (Å²) in [4.78, 5) is 35.1. The Balaban J connectivity index is 2.55. The van der Waals surface area contributed by atoms with Crippen molar-refractivity contribution in [3.05, 3.63) is 28.5 Å². The number of Topliss-reactive ketones (excluding diaryl/α,β-unsaturated/α-hetero) is 1. The smallest absolute Gasteiger partial charge is 0.293 e. The maximum Gasteiger partial charge on any atom is 0.300 e. The molecule has 1 aliphatic heterocycles. The van der Waals surface area contributed by atoms with Gasteiger partial charge in [0.05, 0.1) is 16.3 Å². The van der Waals surface area contributed by atoms with Crippen LogP contribution in [-0.4, -0.2) is 24.1 Å². The van der Waals surface area contributed by atoms with E-state index >= 15 is 0 Å². The average molecular weight is 272 g/mol. The molecule has 2 rings (SSSR count). The second kappa shape index (κ2) is 4.35. The number of hydrogen-bond acceptors (Lipinski definition) is 4. The van der Waals surface area contributed by atoms with E-state index in [-0.39, 0.29) is 16.3 Å². The van der Waals surface area contributed by atoms with Crippen molar-refractivity contribution in [2.75, 3.05) is 11.4 Å². The lowest BCUT2D eigenvalue weighted by Gasteiger charge is -2.15. The summed E-state index contributed by atoms with van der Waals surface area (Å²) < 4.78 is 13.7. The van der Waals surface area contributed by atoms with Crippen LogP contribution < -0.4 is 16.2 Å². The van der Waals surface area contributed by atoms with Crippen LogP contribution in [0.15, 0.2) is 12.1 Å². The van der Waals surface area contributed by atoms with Crippen LogP contribution in [0.2, 0.25) is 5.02 Å². The molecule has 1 aliphatic rings. The largest absolute Gasteiger partial charge is 0.300 e. The molecule has 18 heavy (non-hydrogen) atoms. The number of fused-ring (bicyclic) bond motifs is 1. The van der Waals surface area contributed by atoms with Crippen LogP contribution in [0.4, 0.5) is 10.1 Å². The fourth-order valence-corrected chi connectivity index (χ4v) is 1.93. The average Bonchev–Trinajstić information content (AvgIpc) is 2.60. The zero-order valence-electron chi connectivity index (χ0n) is 8.87. The molecule has 0 aromatic heterocycles. The molecule has 1 aromatic carbocycles. The summed E-state index contributed by atoms with van der Waals surface area (Å²) in [6, 6.07) is 2.19. The lowest BCUT2D eigenvalue weighted by molar-refractivity contribution is -0.122. The van der Waals surface area contributed by atoms with Crippen molar-refractivity contribution in [3.63, 3.8) is 0 Å². The van der Waals surface area contributed by atoms with E-state index in [1.54, 1.807) is 5.43 Å². The lowest BCUT2D eigenvalue weighted by Crippen LogP contribution is -2.42. The normalized spacial score (nSPS) is 13.8. The van der Waals surface area contributed by atoms with Crippen molar-refractivity contribution < 1.29 is 18.8 Å². The van der Waals surface area contributed by atoms with E-state index in [0.717, 1.165) is 6.07 Å². The molecule has 6 nitrogen and oxygen atoms in total. The molecule has 0 atom stereocenters. The molecule has 0 saturated heterocycles. The Morgan fingerprint density at radius 1 is 1.44 bits per heavy atom. The van der Waals surface area contributed by atoms with Gasteiger partial charge in [-0.3, -0.25) is 24.7 Å². The number of nitrogens with two attached hydrogens (primary N) is 1. The number of ketones is 1. The number of nitrogens with zero attached hydrogens (tertiary/aromatic N) is 1. The molecule has 2 amide bonds. The molecule has 94 valence electrons. The van der Waals surface area contributed by atoms with Gasteiger partial charge in [-0.05, 0) is 12.1 Å². The summed E-state index contributed by atoms with van der Waals surface area (Å²) in [5.41, 5.74) is 1.27. The minimum atomic E-state index is -1.01. The Hall–Kier alpha value is -1.99. The Bertz CT molecular complexity index is 576. The maximum atomic E-state index is 13.7. The third-order valence-corrected chi connectivity index (χ3v) is 2.79. The Kier molecular flexibility index (Phi) is 3.02. The predicted octanol–water partition coefficient (Wildman–Crippen LogP) is -0.00170. The van der Waals surface area contributed by atoms with E-state index in [1.165, 1.54) is 6.07 Å². The van der Waals surface area contributed by atoms with Crippen molar-refractivity contribution in [2.45, 2.75) is 0 Å². The van der Waals surface area contributed by atoms with Crippen LogP contribution in [-0.2, 0) is 9.59 Å². The van der Waals surface area contributed by atoms with Crippen molar-refractivity contribution in [3.8, 4) is 0 Å². The first-order valence-corrected chi connectivity index (χ1v) is 5.18. The number of anilines is 1. The molecule has 8 heteroatoms. The van der Waals surface area contributed by atoms with Gasteiger partial charge < -0.3 is 0 Å². The number of carbonyl (C=O) groups excluding carboxylic acids is 3. The molecule has 0 saturated carbocycles. The maximum absolute atomic E-state index is 13.7. The molecule has 0 aliphatic carbocycles. The van der Waals surface area contributed by atoms with Gasteiger partial charge >= 0.3 is 0 Å². The summed E-state index contributed by atoms with van der Waals surface area (Å²) in [5, 5.41) is -0.0413. The van der Waals surface area contributed by atoms with Gasteiger partial charge in [0, 0.05) is 0 Å². The molecule has 1 heterocycles. The molecule has 0 spiro atoms. The highest BCUT2D eigenvalue weighted by Gasteiger charge is 2.40. The molecule has 0 unspecified atom stereocenters. The van der Waals surface area contributed by atoms with Gasteiger partial charge in [0.15, 0.2) is 0 Å². The summed E-state index contributed by atoms with van der Waals surface area (Å²) in [6.45, 7) is -0.550. The van der Waals surface area contributed by atoms with Crippen molar-refractivity contribution in [2.24, 2.45) is 5.84 Å². The van der Waals surface area contributed by atoms with Gasteiger partial charge in [-0.2, -0.15) is 0 Å². The van der Waals surface area contributed by atoms with E-state index in [1.807, 2.05) is 0 Å². The van der Waals surface area contributed by atoms with Crippen LogP contribution in [0.1, 0.15) is 10.4 Å². The number of nitrogens with one attached hydrogen (secondary N) is 1. The highest BCUT2D eigenvalue weighted by atomic mass is 35.5. The standard InChI is InChI=1S/C10H7ClFN3O3/c11-4-1-2-5(12)8-7(4)9(17)10(18)15(8)3-6(16)14-13/h1-2H,3,13H2,(H,14,16). The molecule has 1 aromatic rings. The van der Waals surface area contributed by atoms with E-state index in [0.29, 0.717) is 4.90 Å². The van der Waals surface area contributed by atoms with Crippen LogP contribution in [0, 0.1) is 5.82 Å². The van der Waals surface area contributed by atoms with E-state index in [9.17, 15) is 18.8 Å². The fraction of sp³-hybridized carbons (Fsp3) is 0.100. The molecule has 3 N–H and O–H groups in total. The van der Waals surface area contributed by atoms with Crippen molar-refractivity contribution >= 4 is 34.9 Å². The topological polar surface area (TPSA) is 92.5 Å². The minimum Gasteiger partial charge on any atom is -0.293 e. The van der Waals surface area contributed by atoms with E-state index in [2.05, 4.69) is 0 Å². The van der Waals surface area contributed by atoms with E-state index in [4.69, 9.17) is 17.4 Å². The second-order valence-corrected chi connectivity index (χ2v) is 3.95. The predicted molar refractivity (Wildman–Crippen MR) is 60.4 cm³/mol. The Labute approximate surface area is 105 Å². The first kappa shape index (κ1) is 12.5. The fourth-order valence-electron chi connectivity index (χ4n) is 1.69. The Morgan fingerprint density at radius 2 is 2.11 bits per heavy atom. The second-order valence-electron chi connectivity index (χ2n) is 3.54. The molecular formula is C10H7ClFN3O3. The number of benzene rings is 1. The zero-order valence-corrected chi connectivity index (χ0v) is 9.62. The molecule has 0 bridgehead atoms. The third-order valence-electron chi connectivity index (χ3n) is 2.48. The minimum absolute atomic E-state index is 0.0413. The summed E-state index contributed by atoms with van der Waals surface area (Å²) >= 11 is 5.75. The summed E-state index contributed by atoms with van der Waals surface area (Å²) in [5.74, 6) is 1.38. The SMILES string of the molecule is NNC(=O)CN1C(=O)C(=O)c2c(Cl)ccc(F)c21. The number of rotatable bonds is 2.